The summed E-state index contributed by atoms with van der Waals surface area (Å²) in [7, 11) is 0. The van der Waals surface area contributed by atoms with Gasteiger partial charge in [-0.05, 0) is 22.8 Å². The Labute approximate surface area is 91.1 Å². The minimum absolute atomic E-state index is 0.153. The van der Waals surface area contributed by atoms with E-state index in [4.69, 9.17) is 0 Å². The molecule has 80 valence electrons. The van der Waals surface area contributed by atoms with Gasteiger partial charge in [0.2, 0.25) is 0 Å². The molecule has 0 aliphatic carbocycles. The molecule has 1 aromatic rings. The van der Waals surface area contributed by atoms with Crippen LogP contribution in [0, 0.1) is 5.92 Å². The first-order valence-electron chi connectivity index (χ1n) is 5.17. The van der Waals surface area contributed by atoms with Gasteiger partial charge < -0.3 is 5.11 Å². The molecule has 0 bridgehead atoms. The minimum atomic E-state index is 0.153. The third kappa shape index (κ3) is 2.98. The van der Waals surface area contributed by atoms with Gasteiger partial charge in [0.15, 0.2) is 0 Å². The molecule has 0 fully saturated rings. The molecule has 0 aliphatic rings. The van der Waals surface area contributed by atoms with Gasteiger partial charge in [-0.15, -0.1) is 0 Å². The molecule has 0 aliphatic heterocycles. The average Bonchev–Trinajstić information content (AvgIpc) is 2.15. The molecular formula is C14H18O. The van der Waals surface area contributed by atoms with Crippen LogP contribution in [0.2, 0.25) is 0 Å². The van der Waals surface area contributed by atoms with Crippen LogP contribution in [0.3, 0.4) is 0 Å². The number of hydrogen-bond acceptors (Lipinski definition) is 1. The summed E-state index contributed by atoms with van der Waals surface area (Å²) in [6.45, 7) is 11.8. The zero-order chi connectivity index (χ0) is 11.4. The molecule has 0 radical (unpaired) electrons. The fourth-order valence-electron chi connectivity index (χ4n) is 1.61. The maximum atomic E-state index is 9.58. The van der Waals surface area contributed by atoms with Crippen LogP contribution in [0.25, 0.3) is 12.2 Å². The lowest BCUT2D eigenvalue weighted by Crippen LogP contribution is -2.26. The third-order valence-corrected chi connectivity index (χ3v) is 2.30. The summed E-state index contributed by atoms with van der Waals surface area (Å²) in [6.07, 6.45) is 0.821. The van der Waals surface area contributed by atoms with Crippen molar-refractivity contribution in [1.82, 2.24) is 0 Å². The fourth-order valence-corrected chi connectivity index (χ4v) is 1.61. The zero-order valence-corrected chi connectivity index (χ0v) is 9.46. The van der Waals surface area contributed by atoms with Gasteiger partial charge in [-0.3, -0.25) is 0 Å². The van der Waals surface area contributed by atoms with E-state index in [1.165, 1.54) is 0 Å². The number of benzene rings is 1. The van der Waals surface area contributed by atoms with Crippen LogP contribution >= 0.6 is 0 Å². The molecule has 1 N–H and O–H groups in total. The topological polar surface area (TPSA) is 20.2 Å². The number of rotatable bonds is 3. The molecule has 1 nitrogen and oxygen atoms in total. The smallest absolute Gasteiger partial charge is 0.112 e. The quantitative estimate of drug-likeness (QED) is 0.746. The van der Waals surface area contributed by atoms with Crippen molar-refractivity contribution in [2.75, 3.05) is 0 Å². The highest BCUT2D eigenvalue weighted by atomic mass is 16.3. The zero-order valence-electron chi connectivity index (χ0n) is 9.46. The Morgan fingerprint density at radius 1 is 1.33 bits per heavy atom. The van der Waals surface area contributed by atoms with Crippen LogP contribution in [0.1, 0.15) is 20.3 Å². The Hall–Kier alpha value is -1.50. The molecule has 15 heavy (non-hydrogen) atoms. The lowest BCUT2D eigenvalue weighted by Gasteiger charge is -2.09. The van der Waals surface area contributed by atoms with E-state index >= 15 is 0 Å². The lowest BCUT2D eigenvalue weighted by atomic mass is 9.99. The van der Waals surface area contributed by atoms with Crippen molar-refractivity contribution in [3.05, 3.63) is 47.0 Å². The standard InChI is InChI=1S/C14H18O/c1-10(2)9-14(12(4)15)13-8-6-5-7-11(13)3/h5-8,10,15H,3-4,9H2,1-2H3/b14-13-. The summed E-state index contributed by atoms with van der Waals surface area (Å²) in [5, 5.41) is 11.5. The van der Waals surface area contributed by atoms with Gasteiger partial charge in [-0.2, -0.15) is 0 Å². The highest BCUT2D eigenvalue weighted by Gasteiger charge is 2.05. The Morgan fingerprint density at radius 3 is 2.40 bits per heavy atom. The van der Waals surface area contributed by atoms with E-state index in [-0.39, 0.29) is 5.76 Å². The van der Waals surface area contributed by atoms with E-state index in [0.717, 1.165) is 22.4 Å². The van der Waals surface area contributed by atoms with Crippen molar-refractivity contribution < 1.29 is 5.11 Å². The van der Waals surface area contributed by atoms with Crippen molar-refractivity contribution in [2.45, 2.75) is 20.3 Å². The highest BCUT2D eigenvalue weighted by Crippen LogP contribution is 2.15. The van der Waals surface area contributed by atoms with Crippen molar-refractivity contribution in [2.24, 2.45) is 5.92 Å². The lowest BCUT2D eigenvalue weighted by molar-refractivity contribution is 0.432. The molecule has 0 amide bonds. The molecule has 0 saturated heterocycles. The minimum Gasteiger partial charge on any atom is -0.508 e. The van der Waals surface area contributed by atoms with Crippen LogP contribution < -0.4 is 10.4 Å². The predicted octanol–water partition coefficient (Wildman–Crippen LogP) is 2.37. The fraction of sp³-hybridized carbons (Fsp3) is 0.286. The first kappa shape index (κ1) is 11.6. The van der Waals surface area contributed by atoms with Crippen molar-refractivity contribution in [3.63, 3.8) is 0 Å². The first-order chi connectivity index (χ1) is 7.02. The van der Waals surface area contributed by atoms with E-state index in [2.05, 4.69) is 27.0 Å². The Bertz CT molecular complexity index is 454. The first-order valence-corrected chi connectivity index (χ1v) is 5.17. The van der Waals surface area contributed by atoms with Crippen LogP contribution in [-0.2, 0) is 0 Å². The number of aliphatic hydroxyl groups excluding tert-OH is 1. The van der Waals surface area contributed by atoms with Gasteiger partial charge in [-0.1, -0.05) is 51.3 Å². The molecule has 0 spiro atoms. The number of hydrogen-bond donors (Lipinski definition) is 1. The Morgan fingerprint density at radius 2 is 1.93 bits per heavy atom. The van der Waals surface area contributed by atoms with Crippen LogP contribution in [0.15, 0.2) is 36.6 Å². The Kier molecular flexibility index (Phi) is 3.73. The molecule has 0 unspecified atom stereocenters. The molecule has 1 rings (SSSR count). The summed E-state index contributed by atoms with van der Waals surface area (Å²) >= 11 is 0. The molecule has 0 heterocycles. The van der Waals surface area contributed by atoms with Gasteiger partial charge in [-0.25, -0.2) is 0 Å². The molecule has 0 atom stereocenters. The van der Waals surface area contributed by atoms with Crippen LogP contribution in [0.5, 0.6) is 0 Å². The summed E-state index contributed by atoms with van der Waals surface area (Å²) in [6, 6.07) is 7.81. The van der Waals surface area contributed by atoms with Crippen LogP contribution in [0.4, 0.5) is 0 Å². The third-order valence-electron chi connectivity index (χ3n) is 2.30. The maximum absolute atomic E-state index is 9.58. The second kappa shape index (κ2) is 4.83. The van der Waals surface area contributed by atoms with Gasteiger partial charge in [0, 0.05) is 5.57 Å². The van der Waals surface area contributed by atoms with Crippen molar-refractivity contribution >= 4 is 12.2 Å². The largest absolute Gasteiger partial charge is 0.508 e. The molecule has 0 saturated carbocycles. The van der Waals surface area contributed by atoms with Gasteiger partial charge in [0.25, 0.3) is 0 Å². The SMILES string of the molecule is C=C(O)/C(CC(C)C)=c1/ccccc1=C. The van der Waals surface area contributed by atoms with Crippen molar-refractivity contribution in [1.29, 1.82) is 0 Å². The average molecular weight is 202 g/mol. The van der Waals surface area contributed by atoms with Crippen LogP contribution in [-0.4, -0.2) is 5.11 Å². The number of aliphatic hydroxyl groups is 1. The second-order valence-electron chi connectivity index (χ2n) is 4.18. The molecule has 0 aromatic heterocycles. The van der Waals surface area contributed by atoms with Gasteiger partial charge in [0.1, 0.15) is 5.76 Å². The maximum Gasteiger partial charge on any atom is 0.112 e. The summed E-state index contributed by atoms with van der Waals surface area (Å²) in [5.41, 5.74) is 0.899. The predicted molar refractivity (Wildman–Crippen MR) is 65.8 cm³/mol. The summed E-state index contributed by atoms with van der Waals surface area (Å²) < 4.78 is 0. The Balaban J connectivity index is 3.41. The van der Waals surface area contributed by atoms with E-state index in [0.29, 0.717) is 5.92 Å². The summed E-state index contributed by atoms with van der Waals surface area (Å²) in [5.74, 6) is 0.642. The van der Waals surface area contributed by atoms with Crippen molar-refractivity contribution in [3.8, 4) is 0 Å². The summed E-state index contributed by atoms with van der Waals surface area (Å²) in [4.78, 5) is 0. The molecule has 1 aromatic carbocycles. The van der Waals surface area contributed by atoms with E-state index in [9.17, 15) is 5.11 Å². The van der Waals surface area contributed by atoms with E-state index in [1.54, 1.807) is 0 Å². The van der Waals surface area contributed by atoms with Gasteiger partial charge >= 0.3 is 0 Å². The van der Waals surface area contributed by atoms with E-state index in [1.807, 2.05) is 24.3 Å². The van der Waals surface area contributed by atoms with Gasteiger partial charge in [0.05, 0.1) is 0 Å². The number of allylic oxidation sites excluding steroid dienone is 1. The molecular weight excluding hydrogens is 184 g/mol. The highest BCUT2D eigenvalue weighted by molar-refractivity contribution is 5.59. The molecule has 1 heteroatoms. The normalized spacial score (nSPS) is 12.7. The second-order valence-corrected chi connectivity index (χ2v) is 4.18. The monoisotopic (exact) mass is 202 g/mol. The van der Waals surface area contributed by atoms with E-state index < -0.39 is 0 Å².